The number of nitrogens with one attached hydrogen (secondary N) is 4. The number of rotatable bonds is 17. The number of fused-ring (bicyclic) bond motifs is 1. The first-order valence-electron chi connectivity index (χ1n) is 15.8. The summed E-state index contributed by atoms with van der Waals surface area (Å²) >= 11 is 0. The summed E-state index contributed by atoms with van der Waals surface area (Å²) in [4.78, 5) is 63.9. The van der Waals surface area contributed by atoms with Gasteiger partial charge in [0.2, 0.25) is 17.7 Å². The van der Waals surface area contributed by atoms with Crippen LogP contribution < -0.4 is 21.3 Å². The number of hydrogen-bond acceptors (Lipinski definition) is 6. The van der Waals surface area contributed by atoms with E-state index in [2.05, 4.69) is 21.3 Å². The summed E-state index contributed by atoms with van der Waals surface area (Å²) in [6.45, 7) is 4.57. The summed E-state index contributed by atoms with van der Waals surface area (Å²) in [5, 5.41) is 13.9. The largest absolute Gasteiger partial charge is 0.356 e. The number of carbonyl (C=O) groups is 5. The van der Waals surface area contributed by atoms with Crippen molar-refractivity contribution in [3.8, 4) is 0 Å². The van der Waals surface area contributed by atoms with Crippen LogP contribution in [0.5, 0.6) is 0 Å². The molecular formula is C36H44N4O5. The standard InChI is InChI=1S/C36H44N4O5/c1-25(2)21-36(24-42,23-38-30(22-41)16-15-28-17-18-37-34(28)44)40-35(45)32(39-33(43)19-26-9-4-3-5-10-26)20-29-13-8-12-27-11-6-7-14-31(27)29/h3-14,22,24-25,28,30,32,38H,15-21,23H2,1-2H3,(H,37,44)(H,39,43)(H,40,45)/t28-,30+,32+,36-/m1/s1. The number of amides is 3. The number of benzene rings is 3. The van der Waals surface area contributed by atoms with E-state index >= 15 is 0 Å². The molecule has 9 heteroatoms. The summed E-state index contributed by atoms with van der Waals surface area (Å²) in [5.74, 6) is -0.880. The van der Waals surface area contributed by atoms with E-state index in [0.29, 0.717) is 25.8 Å². The van der Waals surface area contributed by atoms with Gasteiger partial charge >= 0.3 is 0 Å². The summed E-state index contributed by atoms with van der Waals surface area (Å²) in [6, 6.07) is 21.5. The van der Waals surface area contributed by atoms with Crippen molar-refractivity contribution in [2.45, 2.75) is 70.0 Å². The highest BCUT2D eigenvalue weighted by Gasteiger charge is 2.36. The van der Waals surface area contributed by atoms with Gasteiger partial charge in [-0.3, -0.25) is 14.4 Å². The molecule has 4 N–H and O–H groups in total. The second kappa shape index (κ2) is 16.1. The molecule has 1 fully saturated rings. The Labute approximate surface area is 264 Å². The van der Waals surface area contributed by atoms with Gasteiger partial charge in [-0.25, -0.2) is 0 Å². The topological polar surface area (TPSA) is 133 Å². The minimum atomic E-state index is -1.32. The zero-order valence-corrected chi connectivity index (χ0v) is 26.1. The predicted molar refractivity (Wildman–Crippen MR) is 174 cm³/mol. The third-order valence-electron chi connectivity index (χ3n) is 8.37. The minimum absolute atomic E-state index is 0.000469. The molecular weight excluding hydrogens is 568 g/mol. The van der Waals surface area contributed by atoms with Gasteiger partial charge in [-0.1, -0.05) is 86.6 Å². The molecule has 1 aliphatic heterocycles. The van der Waals surface area contributed by atoms with Crippen LogP contribution in [-0.2, 0) is 36.8 Å². The average molecular weight is 613 g/mol. The molecule has 1 aliphatic rings. The Morgan fingerprint density at radius 1 is 1.00 bits per heavy atom. The molecule has 0 saturated carbocycles. The molecule has 0 aliphatic carbocycles. The van der Waals surface area contributed by atoms with Gasteiger partial charge in [0.15, 0.2) is 0 Å². The third kappa shape index (κ3) is 9.56. The van der Waals surface area contributed by atoms with E-state index < -0.39 is 23.5 Å². The van der Waals surface area contributed by atoms with E-state index in [1.807, 2.05) is 86.6 Å². The predicted octanol–water partition coefficient (Wildman–Crippen LogP) is 3.28. The van der Waals surface area contributed by atoms with E-state index in [9.17, 15) is 24.0 Å². The van der Waals surface area contributed by atoms with Gasteiger partial charge in [0, 0.05) is 25.4 Å². The number of carbonyl (C=O) groups excluding carboxylic acids is 5. The quantitative estimate of drug-likeness (QED) is 0.173. The maximum absolute atomic E-state index is 14.1. The van der Waals surface area contributed by atoms with Crippen molar-refractivity contribution in [2.75, 3.05) is 13.1 Å². The molecule has 238 valence electrons. The molecule has 1 heterocycles. The molecule has 0 aromatic heterocycles. The average Bonchev–Trinajstić information content (AvgIpc) is 3.45. The maximum atomic E-state index is 14.1. The molecule has 1 saturated heterocycles. The van der Waals surface area contributed by atoms with Gasteiger partial charge in [0.1, 0.15) is 24.2 Å². The SMILES string of the molecule is CC(C)C[C@](C=O)(CN[C@H](C=O)CC[C@@H]1CCNC1=O)NC(=O)[C@H](Cc1cccc2ccccc12)NC(=O)Cc1ccccc1. The van der Waals surface area contributed by atoms with Crippen LogP contribution >= 0.6 is 0 Å². The lowest BCUT2D eigenvalue weighted by Crippen LogP contribution is -2.62. The number of aldehydes is 2. The first kappa shape index (κ1) is 33.5. The minimum Gasteiger partial charge on any atom is -0.356 e. The van der Waals surface area contributed by atoms with Crippen molar-refractivity contribution < 1.29 is 24.0 Å². The van der Waals surface area contributed by atoms with Crippen LogP contribution in [0.4, 0.5) is 0 Å². The van der Waals surface area contributed by atoms with Crippen molar-refractivity contribution in [3.05, 3.63) is 83.9 Å². The first-order chi connectivity index (χ1) is 21.7. The van der Waals surface area contributed by atoms with Crippen LogP contribution in [0.25, 0.3) is 10.8 Å². The molecule has 3 aromatic carbocycles. The lowest BCUT2D eigenvalue weighted by atomic mass is 9.88. The summed E-state index contributed by atoms with van der Waals surface area (Å²) in [6.07, 6.45) is 3.88. The molecule has 3 amide bonds. The van der Waals surface area contributed by atoms with Gasteiger partial charge in [0.25, 0.3) is 0 Å². The Kier molecular flexibility index (Phi) is 12.0. The van der Waals surface area contributed by atoms with Crippen LogP contribution in [0.1, 0.15) is 50.7 Å². The maximum Gasteiger partial charge on any atom is 0.243 e. The zero-order valence-electron chi connectivity index (χ0n) is 26.1. The fourth-order valence-electron chi connectivity index (χ4n) is 6.11. The van der Waals surface area contributed by atoms with Crippen LogP contribution in [-0.4, -0.2) is 61.0 Å². The molecule has 0 radical (unpaired) electrons. The smallest absolute Gasteiger partial charge is 0.243 e. The lowest BCUT2D eigenvalue weighted by Gasteiger charge is -2.34. The van der Waals surface area contributed by atoms with E-state index in [-0.39, 0.29) is 43.0 Å². The lowest BCUT2D eigenvalue weighted by molar-refractivity contribution is -0.131. The Hall–Kier alpha value is -4.37. The molecule has 0 spiro atoms. The Balaban J connectivity index is 1.53. The van der Waals surface area contributed by atoms with Gasteiger partial charge < -0.3 is 30.9 Å². The molecule has 0 bridgehead atoms. The fourth-order valence-corrected chi connectivity index (χ4v) is 6.11. The molecule has 3 aromatic rings. The molecule has 4 atom stereocenters. The van der Waals surface area contributed by atoms with Crippen LogP contribution in [0.15, 0.2) is 72.8 Å². The third-order valence-corrected chi connectivity index (χ3v) is 8.37. The van der Waals surface area contributed by atoms with E-state index in [0.717, 1.165) is 40.9 Å². The zero-order chi connectivity index (χ0) is 32.2. The van der Waals surface area contributed by atoms with E-state index in [1.165, 1.54) is 0 Å². The second-order valence-corrected chi connectivity index (χ2v) is 12.5. The summed E-state index contributed by atoms with van der Waals surface area (Å²) in [5.41, 5.74) is 0.391. The van der Waals surface area contributed by atoms with Crippen molar-refractivity contribution in [2.24, 2.45) is 11.8 Å². The van der Waals surface area contributed by atoms with Crippen LogP contribution in [0.2, 0.25) is 0 Å². The molecule has 9 nitrogen and oxygen atoms in total. The van der Waals surface area contributed by atoms with Gasteiger partial charge in [-0.15, -0.1) is 0 Å². The Morgan fingerprint density at radius 3 is 2.42 bits per heavy atom. The van der Waals surface area contributed by atoms with Gasteiger partial charge in [-0.2, -0.15) is 0 Å². The summed E-state index contributed by atoms with van der Waals surface area (Å²) < 4.78 is 0. The number of hydrogen-bond donors (Lipinski definition) is 4. The van der Waals surface area contributed by atoms with Gasteiger partial charge in [-0.05, 0) is 53.5 Å². The highest BCUT2D eigenvalue weighted by atomic mass is 16.2. The van der Waals surface area contributed by atoms with E-state index in [1.54, 1.807) is 0 Å². The first-order valence-corrected chi connectivity index (χ1v) is 15.8. The van der Waals surface area contributed by atoms with Crippen molar-refractivity contribution in [3.63, 3.8) is 0 Å². The molecule has 0 unspecified atom stereocenters. The summed E-state index contributed by atoms with van der Waals surface area (Å²) in [7, 11) is 0. The Bertz CT molecular complexity index is 1470. The van der Waals surface area contributed by atoms with E-state index in [4.69, 9.17) is 0 Å². The van der Waals surface area contributed by atoms with Crippen molar-refractivity contribution >= 4 is 41.1 Å². The Morgan fingerprint density at radius 2 is 1.73 bits per heavy atom. The highest BCUT2D eigenvalue weighted by molar-refractivity contribution is 5.92. The highest BCUT2D eigenvalue weighted by Crippen LogP contribution is 2.22. The molecule has 4 rings (SSSR count). The normalized spacial score (nSPS) is 17.2. The monoisotopic (exact) mass is 612 g/mol. The van der Waals surface area contributed by atoms with Gasteiger partial charge in [0.05, 0.1) is 12.5 Å². The van der Waals surface area contributed by atoms with Crippen molar-refractivity contribution in [1.29, 1.82) is 0 Å². The van der Waals surface area contributed by atoms with Crippen molar-refractivity contribution in [1.82, 2.24) is 21.3 Å². The van der Waals surface area contributed by atoms with Crippen LogP contribution in [0, 0.1) is 11.8 Å². The van der Waals surface area contributed by atoms with Crippen LogP contribution in [0.3, 0.4) is 0 Å². The fraction of sp³-hybridized carbons (Fsp3) is 0.417. The molecule has 45 heavy (non-hydrogen) atoms. The second-order valence-electron chi connectivity index (χ2n) is 12.5.